The zero-order chi connectivity index (χ0) is 17.9. The largest absolute Gasteiger partial charge is 0.506 e. The Kier molecular flexibility index (Phi) is 5.61. The number of halogens is 3. The SMILES string of the molecule is O=C(N/N=C\c1ccc(Cl)c([N+](=O)[O-])c1)c1cc(Cl)cc(Cl)c1O. The molecular formula is C14H8Cl3N3O4. The van der Waals surface area contributed by atoms with Crippen LogP contribution < -0.4 is 5.43 Å². The number of phenolic OH excluding ortho intramolecular Hbond substituents is 1. The number of hydrogen-bond donors (Lipinski definition) is 2. The molecule has 24 heavy (non-hydrogen) atoms. The maximum atomic E-state index is 12.0. The Morgan fingerprint density at radius 3 is 2.58 bits per heavy atom. The lowest BCUT2D eigenvalue weighted by Gasteiger charge is -2.05. The van der Waals surface area contributed by atoms with Crippen LogP contribution in [-0.4, -0.2) is 22.2 Å². The molecule has 0 aromatic heterocycles. The molecule has 0 aliphatic carbocycles. The lowest BCUT2D eigenvalue weighted by Crippen LogP contribution is -2.17. The normalized spacial score (nSPS) is 10.8. The summed E-state index contributed by atoms with van der Waals surface area (Å²) in [5.41, 5.74) is 2.06. The van der Waals surface area contributed by atoms with Crippen molar-refractivity contribution in [1.29, 1.82) is 0 Å². The van der Waals surface area contributed by atoms with E-state index in [-0.39, 0.29) is 26.3 Å². The van der Waals surface area contributed by atoms with Gasteiger partial charge in [-0.05, 0) is 18.2 Å². The van der Waals surface area contributed by atoms with Gasteiger partial charge in [0.1, 0.15) is 10.8 Å². The number of nitrogens with one attached hydrogen (secondary N) is 1. The van der Waals surface area contributed by atoms with Crippen molar-refractivity contribution in [3.8, 4) is 5.75 Å². The van der Waals surface area contributed by atoms with Crippen molar-refractivity contribution in [2.75, 3.05) is 0 Å². The van der Waals surface area contributed by atoms with Crippen LogP contribution >= 0.6 is 34.8 Å². The molecule has 2 rings (SSSR count). The minimum atomic E-state index is -0.753. The van der Waals surface area contributed by atoms with Gasteiger partial charge in [-0.3, -0.25) is 14.9 Å². The van der Waals surface area contributed by atoms with Gasteiger partial charge in [0.05, 0.1) is 21.7 Å². The number of nitrogens with zero attached hydrogens (tertiary/aromatic N) is 2. The molecule has 124 valence electrons. The number of phenols is 1. The summed E-state index contributed by atoms with van der Waals surface area (Å²) >= 11 is 17.2. The number of carbonyl (C=O) groups excluding carboxylic acids is 1. The van der Waals surface area contributed by atoms with E-state index in [1.54, 1.807) is 0 Å². The van der Waals surface area contributed by atoms with Crippen LogP contribution in [0.5, 0.6) is 5.75 Å². The Balaban J connectivity index is 2.16. The van der Waals surface area contributed by atoms with E-state index in [1.165, 1.54) is 36.5 Å². The maximum absolute atomic E-state index is 12.0. The quantitative estimate of drug-likeness (QED) is 0.469. The van der Waals surface area contributed by atoms with Crippen molar-refractivity contribution in [2.24, 2.45) is 5.10 Å². The van der Waals surface area contributed by atoms with Crippen LogP contribution in [-0.2, 0) is 0 Å². The van der Waals surface area contributed by atoms with Gasteiger partial charge in [-0.15, -0.1) is 0 Å². The summed E-state index contributed by atoms with van der Waals surface area (Å²) in [5.74, 6) is -1.19. The lowest BCUT2D eigenvalue weighted by atomic mass is 10.2. The van der Waals surface area contributed by atoms with Crippen LogP contribution in [0.25, 0.3) is 0 Å². The van der Waals surface area contributed by atoms with Crippen LogP contribution in [0.1, 0.15) is 15.9 Å². The molecule has 0 radical (unpaired) electrons. The average molecular weight is 389 g/mol. The number of amides is 1. The van der Waals surface area contributed by atoms with Gasteiger partial charge in [-0.25, -0.2) is 5.43 Å². The Morgan fingerprint density at radius 2 is 1.92 bits per heavy atom. The van der Waals surface area contributed by atoms with E-state index < -0.39 is 16.6 Å². The summed E-state index contributed by atoms with van der Waals surface area (Å²) in [5, 5.41) is 24.3. The van der Waals surface area contributed by atoms with Gasteiger partial charge < -0.3 is 5.11 Å². The van der Waals surface area contributed by atoms with Gasteiger partial charge in [0.25, 0.3) is 11.6 Å². The van der Waals surface area contributed by atoms with Gasteiger partial charge in [0.15, 0.2) is 0 Å². The van der Waals surface area contributed by atoms with Crippen molar-refractivity contribution in [3.63, 3.8) is 0 Å². The summed E-state index contributed by atoms with van der Waals surface area (Å²) < 4.78 is 0. The summed E-state index contributed by atoms with van der Waals surface area (Å²) in [7, 11) is 0. The second-order valence-electron chi connectivity index (χ2n) is 4.45. The van der Waals surface area contributed by atoms with Crippen molar-refractivity contribution < 1.29 is 14.8 Å². The highest BCUT2D eigenvalue weighted by molar-refractivity contribution is 6.36. The van der Waals surface area contributed by atoms with Crippen molar-refractivity contribution in [1.82, 2.24) is 5.43 Å². The van der Waals surface area contributed by atoms with E-state index in [1.807, 2.05) is 0 Å². The van der Waals surface area contributed by atoms with Crippen molar-refractivity contribution in [2.45, 2.75) is 0 Å². The van der Waals surface area contributed by atoms with Gasteiger partial charge >= 0.3 is 0 Å². The van der Waals surface area contributed by atoms with Crippen LogP contribution in [0.15, 0.2) is 35.4 Å². The topological polar surface area (TPSA) is 105 Å². The van der Waals surface area contributed by atoms with E-state index in [2.05, 4.69) is 10.5 Å². The molecular weight excluding hydrogens is 381 g/mol. The number of carbonyl (C=O) groups is 1. The molecule has 0 saturated heterocycles. The average Bonchev–Trinajstić information content (AvgIpc) is 2.52. The molecule has 10 heteroatoms. The molecule has 0 fully saturated rings. The van der Waals surface area contributed by atoms with Crippen LogP contribution in [0.3, 0.4) is 0 Å². The highest BCUT2D eigenvalue weighted by atomic mass is 35.5. The Morgan fingerprint density at radius 1 is 1.21 bits per heavy atom. The van der Waals surface area contributed by atoms with Gasteiger partial charge in [0, 0.05) is 16.7 Å². The fraction of sp³-hybridized carbons (Fsp3) is 0. The number of nitro benzene ring substituents is 1. The third kappa shape index (κ3) is 4.14. The fourth-order valence-electron chi connectivity index (χ4n) is 1.71. The van der Waals surface area contributed by atoms with E-state index >= 15 is 0 Å². The number of hydrogen-bond acceptors (Lipinski definition) is 5. The number of benzene rings is 2. The predicted octanol–water partition coefficient (Wildman–Crippen LogP) is 4.02. The van der Waals surface area contributed by atoms with Gasteiger partial charge in [-0.1, -0.05) is 40.9 Å². The Bertz CT molecular complexity index is 855. The molecule has 0 spiro atoms. The van der Waals surface area contributed by atoms with Gasteiger partial charge in [-0.2, -0.15) is 5.10 Å². The van der Waals surface area contributed by atoms with E-state index in [0.717, 1.165) is 0 Å². The summed E-state index contributed by atoms with van der Waals surface area (Å²) in [6.45, 7) is 0. The molecule has 0 saturated carbocycles. The Hall–Kier alpha value is -2.35. The predicted molar refractivity (Wildman–Crippen MR) is 91.3 cm³/mol. The van der Waals surface area contributed by atoms with Gasteiger partial charge in [0.2, 0.25) is 0 Å². The molecule has 2 aromatic rings. The Labute approximate surface area is 150 Å². The molecule has 1 amide bonds. The second-order valence-corrected chi connectivity index (χ2v) is 5.70. The van der Waals surface area contributed by atoms with Crippen LogP contribution in [0, 0.1) is 10.1 Å². The molecule has 0 heterocycles. The number of hydrazone groups is 1. The zero-order valence-electron chi connectivity index (χ0n) is 11.7. The first-order chi connectivity index (χ1) is 11.3. The van der Waals surface area contributed by atoms with Crippen LogP contribution in [0.4, 0.5) is 5.69 Å². The lowest BCUT2D eigenvalue weighted by molar-refractivity contribution is -0.384. The summed E-state index contributed by atoms with van der Waals surface area (Å²) in [6.07, 6.45) is 1.18. The molecule has 0 bridgehead atoms. The first-order valence-corrected chi connectivity index (χ1v) is 7.38. The smallest absolute Gasteiger partial charge is 0.288 e. The monoisotopic (exact) mass is 387 g/mol. The van der Waals surface area contributed by atoms with Crippen molar-refractivity contribution >= 4 is 52.6 Å². The summed E-state index contributed by atoms with van der Waals surface area (Å²) in [6, 6.07) is 6.53. The number of nitro groups is 1. The first kappa shape index (κ1) is 18.0. The number of aromatic hydroxyl groups is 1. The molecule has 7 nitrogen and oxygen atoms in total. The highest BCUT2D eigenvalue weighted by Crippen LogP contribution is 2.31. The molecule has 0 aliphatic rings. The maximum Gasteiger partial charge on any atom is 0.288 e. The molecule has 0 atom stereocenters. The van der Waals surface area contributed by atoms with Crippen LogP contribution in [0.2, 0.25) is 15.1 Å². The zero-order valence-corrected chi connectivity index (χ0v) is 13.9. The minimum Gasteiger partial charge on any atom is -0.506 e. The standard InChI is InChI=1S/C14H8Cl3N3O4/c15-8-4-9(13(21)11(17)5-8)14(22)19-18-6-7-1-2-10(16)12(3-7)20(23)24/h1-6,21H,(H,19,22)/b18-6-. The highest BCUT2D eigenvalue weighted by Gasteiger charge is 2.15. The molecule has 2 aromatic carbocycles. The first-order valence-electron chi connectivity index (χ1n) is 6.25. The summed E-state index contributed by atoms with van der Waals surface area (Å²) in [4.78, 5) is 22.1. The van der Waals surface area contributed by atoms with E-state index in [9.17, 15) is 20.0 Å². The van der Waals surface area contributed by atoms with E-state index in [0.29, 0.717) is 5.56 Å². The minimum absolute atomic E-state index is 0.0142. The third-order valence-electron chi connectivity index (χ3n) is 2.82. The fourth-order valence-corrected chi connectivity index (χ4v) is 2.39. The molecule has 2 N–H and O–H groups in total. The third-order valence-corrected chi connectivity index (χ3v) is 3.65. The molecule has 0 aliphatic heterocycles. The molecule has 0 unspecified atom stereocenters. The van der Waals surface area contributed by atoms with Crippen molar-refractivity contribution in [3.05, 3.63) is 66.6 Å². The number of rotatable bonds is 4. The second kappa shape index (κ2) is 7.48. The van der Waals surface area contributed by atoms with E-state index in [4.69, 9.17) is 34.8 Å².